The fourth-order valence-electron chi connectivity index (χ4n) is 4.36. The second-order valence-corrected chi connectivity index (χ2v) is 9.03. The van der Waals surface area contributed by atoms with E-state index >= 15 is 0 Å². The molecule has 4 rings (SSSR count). The number of hydrogen-bond acceptors (Lipinski definition) is 4. The summed E-state index contributed by atoms with van der Waals surface area (Å²) in [5, 5.41) is 3.52. The molecule has 5 nitrogen and oxygen atoms in total. The number of anilines is 2. The number of Topliss-reactive ketones (excluding diaryl/α,β-unsaturated/α-hetero) is 1. The lowest BCUT2D eigenvalue weighted by atomic mass is 9.73. The molecular weight excluding hydrogens is 362 g/mol. The largest absolute Gasteiger partial charge is 0.357 e. The van der Waals surface area contributed by atoms with Gasteiger partial charge >= 0.3 is 0 Å². The smallest absolute Gasteiger partial charge is 0.230 e. The van der Waals surface area contributed by atoms with Crippen LogP contribution in [0, 0.1) is 11.3 Å². The number of amides is 1. The Morgan fingerprint density at radius 2 is 1.93 bits per heavy atom. The summed E-state index contributed by atoms with van der Waals surface area (Å²) in [6.07, 6.45) is 4.69. The Labute approximate surface area is 171 Å². The topological polar surface area (TPSA) is 62.3 Å². The predicted octanol–water partition coefficient (Wildman–Crippen LogP) is 4.88. The summed E-state index contributed by atoms with van der Waals surface area (Å²) in [5.41, 5.74) is 3.95. The number of nitrogens with zero attached hydrogens (tertiary/aromatic N) is 2. The number of nitrogens with one attached hydrogen (secondary N) is 1. The monoisotopic (exact) mass is 389 g/mol. The first-order valence-electron chi connectivity index (χ1n) is 10.1. The number of carbonyl (C=O) groups excluding carboxylic acids is 2. The summed E-state index contributed by atoms with van der Waals surface area (Å²) in [6.45, 7) is 8.02. The number of fused-ring (bicyclic) bond motifs is 1. The van der Waals surface area contributed by atoms with Crippen LogP contribution in [0.1, 0.15) is 52.1 Å². The molecular formula is C24H27N3O2. The van der Waals surface area contributed by atoms with Crippen molar-refractivity contribution >= 4 is 23.1 Å². The van der Waals surface area contributed by atoms with Crippen LogP contribution in [-0.4, -0.2) is 16.7 Å². The molecule has 5 heteroatoms. The molecule has 1 aromatic carbocycles. The van der Waals surface area contributed by atoms with Crippen molar-refractivity contribution in [1.29, 1.82) is 0 Å². The van der Waals surface area contributed by atoms with Crippen LogP contribution >= 0.6 is 0 Å². The third-order valence-electron chi connectivity index (χ3n) is 5.63. The van der Waals surface area contributed by atoms with E-state index in [0.29, 0.717) is 12.0 Å². The number of pyridine rings is 1. The van der Waals surface area contributed by atoms with E-state index in [4.69, 9.17) is 0 Å². The van der Waals surface area contributed by atoms with Crippen LogP contribution in [0.5, 0.6) is 0 Å². The molecule has 1 amide bonds. The van der Waals surface area contributed by atoms with E-state index in [1.54, 1.807) is 17.3 Å². The average molecular weight is 389 g/mol. The SMILES string of the molecule is CC(C)C(=O)N1c2ccccc2NC2=C(C(=O)CC(C)(C)C2)[C@H]1c1cccnc1. The summed E-state index contributed by atoms with van der Waals surface area (Å²) in [4.78, 5) is 32.9. The van der Waals surface area contributed by atoms with Crippen molar-refractivity contribution in [2.75, 3.05) is 10.2 Å². The van der Waals surface area contributed by atoms with Crippen molar-refractivity contribution in [2.45, 2.75) is 46.6 Å². The lowest BCUT2D eigenvalue weighted by Gasteiger charge is -2.37. The van der Waals surface area contributed by atoms with Gasteiger partial charge in [-0.3, -0.25) is 19.5 Å². The van der Waals surface area contributed by atoms with Gasteiger partial charge in [-0.1, -0.05) is 45.9 Å². The highest BCUT2D eigenvalue weighted by Gasteiger charge is 2.43. The van der Waals surface area contributed by atoms with Crippen LogP contribution < -0.4 is 10.2 Å². The highest BCUT2D eigenvalue weighted by molar-refractivity contribution is 6.06. The number of para-hydroxylation sites is 2. The molecule has 1 aromatic heterocycles. The van der Waals surface area contributed by atoms with Crippen LogP contribution in [0.15, 0.2) is 60.1 Å². The first-order valence-corrected chi connectivity index (χ1v) is 10.1. The van der Waals surface area contributed by atoms with Gasteiger partial charge in [0.15, 0.2) is 5.78 Å². The fourth-order valence-corrected chi connectivity index (χ4v) is 4.36. The number of aromatic nitrogens is 1. The molecule has 150 valence electrons. The third-order valence-corrected chi connectivity index (χ3v) is 5.63. The van der Waals surface area contributed by atoms with E-state index in [1.165, 1.54) is 0 Å². The first kappa shape index (κ1) is 19.4. The van der Waals surface area contributed by atoms with Crippen molar-refractivity contribution in [2.24, 2.45) is 11.3 Å². The Hall–Kier alpha value is -2.95. The van der Waals surface area contributed by atoms with Gasteiger partial charge in [0, 0.05) is 36.0 Å². The summed E-state index contributed by atoms with van der Waals surface area (Å²) in [5.74, 6) is -0.133. The zero-order valence-corrected chi connectivity index (χ0v) is 17.4. The van der Waals surface area contributed by atoms with Crippen LogP contribution in [0.25, 0.3) is 0 Å². The highest BCUT2D eigenvalue weighted by Crippen LogP contribution is 2.48. The summed E-state index contributed by atoms with van der Waals surface area (Å²) in [7, 11) is 0. The number of hydrogen-bond donors (Lipinski definition) is 1. The number of benzene rings is 1. The molecule has 0 fully saturated rings. The second kappa shape index (κ2) is 7.14. The maximum atomic E-state index is 13.4. The maximum absolute atomic E-state index is 13.4. The van der Waals surface area contributed by atoms with Gasteiger partial charge in [0.2, 0.25) is 5.91 Å². The molecule has 0 unspecified atom stereocenters. The van der Waals surface area contributed by atoms with Crippen molar-refractivity contribution in [3.63, 3.8) is 0 Å². The fraction of sp³-hybridized carbons (Fsp3) is 0.375. The number of ketones is 1. The Morgan fingerprint density at radius 1 is 1.17 bits per heavy atom. The van der Waals surface area contributed by atoms with Gasteiger partial charge in [-0.05, 0) is 35.6 Å². The molecule has 2 heterocycles. The Kier molecular flexibility index (Phi) is 4.77. The Bertz CT molecular complexity index is 992. The molecule has 1 aliphatic carbocycles. The van der Waals surface area contributed by atoms with E-state index < -0.39 is 6.04 Å². The minimum atomic E-state index is -0.492. The van der Waals surface area contributed by atoms with Gasteiger partial charge in [-0.2, -0.15) is 0 Å². The molecule has 0 radical (unpaired) electrons. The van der Waals surface area contributed by atoms with Crippen molar-refractivity contribution in [3.8, 4) is 0 Å². The van der Waals surface area contributed by atoms with E-state index in [9.17, 15) is 9.59 Å². The van der Waals surface area contributed by atoms with Crippen molar-refractivity contribution in [3.05, 3.63) is 65.6 Å². The molecule has 0 bridgehead atoms. The molecule has 0 saturated carbocycles. The minimum Gasteiger partial charge on any atom is -0.357 e. The van der Waals surface area contributed by atoms with Crippen LogP contribution in [0.4, 0.5) is 11.4 Å². The minimum absolute atomic E-state index is 0.0144. The zero-order valence-electron chi connectivity index (χ0n) is 17.4. The predicted molar refractivity (Wildman–Crippen MR) is 114 cm³/mol. The summed E-state index contributed by atoms with van der Waals surface area (Å²) < 4.78 is 0. The zero-order chi connectivity index (χ0) is 20.8. The Balaban J connectivity index is 2.02. The van der Waals surface area contributed by atoms with Gasteiger partial charge in [-0.25, -0.2) is 0 Å². The van der Waals surface area contributed by atoms with E-state index in [-0.39, 0.29) is 23.0 Å². The van der Waals surface area contributed by atoms with E-state index in [1.807, 2.05) is 50.2 Å². The lowest BCUT2D eigenvalue weighted by molar-refractivity contribution is -0.122. The molecule has 29 heavy (non-hydrogen) atoms. The summed E-state index contributed by atoms with van der Waals surface area (Å²) >= 11 is 0. The molecule has 1 N–H and O–H groups in total. The molecule has 1 atom stereocenters. The molecule has 0 spiro atoms. The van der Waals surface area contributed by atoms with Gasteiger partial charge in [0.1, 0.15) is 0 Å². The van der Waals surface area contributed by atoms with Crippen molar-refractivity contribution < 1.29 is 9.59 Å². The van der Waals surface area contributed by atoms with Gasteiger partial charge in [-0.15, -0.1) is 0 Å². The second-order valence-electron chi connectivity index (χ2n) is 9.03. The van der Waals surface area contributed by atoms with E-state index in [0.717, 1.165) is 29.1 Å². The Morgan fingerprint density at radius 3 is 2.62 bits per heavy atom. The third kappa shape index (κ3) is 3.46. The number of carbonyl (C=O) groups is 2. The first-order chi connectivity index (χ1) is 13.8. The van der Waals surface area contributed by atoms with Gasteiger partial charge in [0.25, 0.3) is 0 Å². The molecule has 2 aliphatic rings. The number of rotatable bonds is 2. The molecule has 0 saturated heterocycles. The summed E-state index contributed by atoms with van der Waals surface area (Å²) in [6, 6.07) is 11.1. The van der Waals surface area contributed by atoms with E-state index in [2.05, 4.69) is 24.1 Å². The molecule has 2 aromatic rings. The standard InChI is InChI=1S/C24H27N3O2/c1-15(2)23(29)27-19-10-6-5-9-17(19)26-18-12-24(3,4)13-20(28)21(18)22(27)16-8-7-11-25-14-16/h5-11,14-15,22,26H,12-13H2,1-4H3/t22-/m1/s1. The maximum Gasteiger partial charge on any atom is 0.230 e. The molecule has 1 aliphatic heterocycles. The number of allylic oxidation sites excluding steroid dienone is 1. The quantitative estimate of drug-likeness (QED) is 0.795. The lowest BCUT2D eigenvalue weighted by Crippen LogP contribution is -2.41. The normalized spacial score (nSPS) is 20.7. The average Bonchev–Trinajstić information content (AvgIpc) is 2.81. The van der Waals surface area contributed by atoms with Crippen LogP contribution in [0.3, 0.4) is 0 Å². The van der Waals surface area contributed by atoms with Crippen molar-refractivity contribution in [1.82, 2.24) is 4.98 Å². The van der Waals surface area contributed by atoms with Gasteiger partial charge < -0.3 is 5.32 Å². The van der Waals surface area contributed by atoms with Crippen LogP contribution in [0.2, 0.25) is 0 Å². The van der Waals surface area contributed by atoms with Gasteiger partial charge in [0.05, 0.1) is 17.4 Å². The van der Waals surface area contributed by atoms with Crippen LogP contribution in [-0.2, 0) is 9.59 Å². The highest BCUT2D eigenvalue weighted by atomic mass is 16.2.